The third-order valence-corrected chi connectivity index (χ3v) is 6.66. The second-order valence-electron chi connectivity index (χ2n) is 8.62. The number of halogens is 2. The topological polar surface area (TPSA) is 85.3 Å². The molecular weight excluding hydrogens is 416 g/mol. The Balaban J connectivity index is 1.39. The summed E-state index contributed by atoms with van der Waals surface area (Å²) in [6.45, 7) is 1.24. The van der Waals surface area contributed by atoms with Crippen molar-refractivity contribution in [2.75, 3.05) is 20.2 Å². The van der Waals surface area contributed by atoms with Gasteiger partial charge in [0.25, 0.3) is 0 Å². The molecule has 2 aromatic rings. The number of alkyl halides is 1. The zero-order chi connectivity index (χ0) is 22.4. The highest BCUT2D eigenvalue weighted by Crippen LogP contribution is 2.41. The maximum absolute atomic E-state index is 14.4. The molecule has 0 radical (unpaired) electrons. The first kappa shape index (κ1) is 20.7. The van der Waals surface area contributed by atoms with Crippen LogP contribution in [0.25, 0.3) is 16.8 Å². The van der Waals surface area contributed by atoms with Crippen molar-refractivity contribution in [1.82, 2.24) is 19.8 Å². The van der Waals surface area contributed by atoms with E-state index in [1.165, 1.54) is 13.3 Å². The molecule has 2 unspecified atom stereocenters. The summed E-state index contributed by atoms with van der Waals surface area (Å²) in [7, 11) is 1.48. The van der Waals surface area contributed by atoms with E-state index in [1.54, 1.807) is 18.3 Å². The van der Waals surface area contributed by atoms with Crippen molar-refractivity contribution in [3.8, 4) is 17.0 Å². The fourth-order valence-corrected chi connectivity index (χ4v) is 4.97. The number of rotatable bonds is 6. The number of aromatic nitrogens is 2. The normalized spacial score (nSPS) is 26.9. The number of likely N-dealkylation sites (tertiary alicyclic amines) is 1. The molecule has 32 heavy (non-hydrogen) atoms. The van der Waals surface area contributed by atoms with Gasteiger partial charge in [-0.05, 0) is 31.4 Å². The van der Waals surface area contributed by atoms with Gasteiger partial charge in [-0.15, -0.1) is 0 Å². The predicted octanol–water partition coefficient (Wildman–Crippen LogP) is 3.25. The number of piperazine rings is 1. The minimum atomic E-state index is -0.988. The smallest absolute Gasteiger partial charge is 0.229 e. The highest BCUT2D eigenvalue weighted by Gasteiger charge is 2.51. The number of H-pyrrole nitrogens is 1. The molecule has 2 saturated heterocycles. The van der Waals surface area contributed by atoms with Crippen molar-refractivity contribution in [2.45, 2.75) is 37.5 Å². The lowest BCUT2D eigenvalue weighted by Crippen LogP contribution is -2.55. The molecule has 3 aliphatic rings. The molecule has 2 bridgehead atoms. The minimum absolute atomic E-state index is 0.0412. The van der Waals surface area contributed by atoms with E-state index in [4.69, 9.17) is 10.1 Å². The summed E-state index contributed by atoms with van der Waals surface area (Å²) in [5, 5.41) is 7.64. The summed E-state index contributed by atoms with van der Waals surface area (Å²) in [5.41, 5.74) is 2.58. The third-order valence-electron chi connectivity index (χ3n) is 6.66. The van der Waals surface area contributed by atoms with Gasteiger partial charge in [-0.25, -0.2) is 13.8 Å². The van der Waals surface area contributed by atoms with Gasteiger partial charge in [0, 0.05) is 54.8 Å². The van der Waals surface area contributed by atoms with Crippen molar-refractivity contribution in [1.29, 1.82) is 5.41 Å². The average molecular weight is 441 g/mol. The summed E-state index contributed by atoms with van der Waals surface area (Å²) in [6.07, 6.45) is 6.92. The monoisotopic (exact) mass is 441 g/mol. The summed E-state index contributed by atoms with van der Waals surface area (Å²) in [4.78, 5) is 23.9. The maximum Gasteiger partial charge on any atom is 0.229 e. The van der Waals surface area contributed by atoms with Gasteiger partial charge in [0.1, 0.15) is 12.0 Å². The number of nitrogens with zero attached hydrogens (tertiary/aromatic N) is 3. The fraction of sp³-hybridized carbons (Fsp3) is 0.435. The van der Waals surface area contributed by atoms with Crippen molar-refractivity contribution in [2.24, 2.45) is 5.92 Å². The van der Waals surface area contributed by atoms with E-state index in [0.717, 1.165) is 30.4 Å². The Bertz CT molecular complexity index is 1070. The SMILES string of the molecule is COc1cc(-c2c[nH]c(/C(=C\C=N)N3CC4CCC(C3)N4C(=O)[C@@H]3C[C@H]3F)c2)c(F)cn1. The molecule has 2 aliphatic heterocycles. The van der Waals surface area contributed by atoms with Gasteiger partial charge >= 0.3 is 0 Å². The van der Waals surface area contributed by atoms with Crippen LogP contribution >= 0.6 is 0 Å². The van der Waals surface area contributed by atoms with Gasteiger partial charge in [-0.1, -0.05) is 0 Å². The van der Waals surface area contributed by atoms with Crippen molar-refractivity contribution in [3.63, 3.8) is 0 Å². The number of amides is 1. The molecule has 2 aromatic heterocycles. The Morgan fingerprint density at radius 2 is 2.03 bits per heavy atom. The van der Waals surface area contributed by atoms with E-state index in [2.05, 4.69) is 14.9 Å². The molecule has 0 aromatic carbocycles. The van der Waals surface area contributed by atoms with Crippen LogP contribution in [0.2, 0.25) is 0 Å². The van der Waals surface area contributed by atoms with E-state index < -0.39 is 17.9 Å². The van der Waals surface area contributed by atoms with Crippen molar-refractivity contribution in [3.05, 3.63) is 42.1 Å². The molecule has 2 N–H and O–H groups in total. The number of nitrogens with one attached hydrogen (secondary N) is 2. The van der Waals surface area contributed by atoms with Gasteiger partial charge in [-0.3, -0.25) is 4.79 Å². The summed E-state index contributed by atoms with van der Waals surface area (Å²) in [6, 6.07) is 3.46. The quantitative estimate of drug-likeness (QED) is 0.674. The van der Waals surface area contributed by atoms with Gasteiger partial charge in [0.05, 0.1) is 30.6 Å². The molecule has 4 heterocycles. The maximum atomic E-state index is 14.4. The Morgan fingerprint density at radius 3 is 2.66 bits per heavy atom. The van der Waals surface area contributed by atoms with Crippen molar-refractivity contribution < 1.29 is 18.3 Å². The Kier molecular flexibility index (Phi) is 5.19. The van der Waals surface area contributed by atoms with Crippen LogP contribution in [0.5, 0.6) is 5.88 Å². The van der Waals surface area contributed by atoms with Gasteiger partial charge in [-0.2, -0.15) is 0 Å². The first-order chi connectivity index (χ1) is 15.5. The molecular formula is C23H25F2N5O2. The molecule has 0 spiro atoms. The number of aromatic amines is 1. The summed E-state index contributed by atoms with van der Waals surface area (Å²) >= 11 is 0. The second kappa shape index (κ2) is 8.03. The predicted molar refractivity (Wildman–Crippen MR) is 116 cm³/mol. The van der Waals surface area contributed by atoms with E-state index >= 15 is 0 Å². The van der Waals surface area contributed by atoms with Crippen LogP contribution in [0.15, 0.2) is 30.6 Å². The first-order valence-electron chi connectivity index (χ1n) is 10.8. The molecule has 7 nitrogen and oxygen atoms in total. The average Bonchev–Trinajstić information content (AvgIpc) is 3.22. The van der Waals surface area contributed by atoms with Crippen LogP contribution in [0, 0.1) is 17.1 Å². The zero-order valence-electron chi connectivity index (χ0n) is 17.7. The number of pyridine rings is 1. The molecule has 168 valence electrons. The Hall–Kier alpha value is -3.23. The van der Waals surface area contributed by atoms with E-state index in [1.807, 2.05) is 11.0 Å². The number of ether oxygens (including phenoxy) is 1. The lowest BCUT2D eigenvalue weighted by Gasteiger charge is -2.43. The molecule has 1 saturated carbocycles. The third kappa shape index (κ3) is 3.55. The van der Waals surface area contributed by atoms with Crippen LogP contribution in [0.4, 0.5) is 8.78 Å². The highest BCUT2D eigenvalue weighted by atomic mass is 19.1. The molecule has 9 heteroatoms. The van der Waals surface area contributed by atoms with Crippen molar-refractivity contribution >= 4 is 17.8 Å². The standard InChI is InChI=1S/C23H25F2N5O2/c1-32-22-8-16(19(25)10-28-22)13-6-20(27-9-13)21(4-5-26)29-11-14-2-3-15(12-29)30(14)23(31)17-7-18(17)24/h4-6,8-10,14-15,17-18,26-27H,2-3,7,11-12H2,1H3/b21-4+,26-5?/t14?,15?,17-,18-/m1/s1. The van der Waals surface area contributed by atoms with Gasteiger partial charge in [0.2, 0.25) is 11.8 Å². The number of carbonyl (C=O) groups is 1. The van der Waals surface area contributed by atoms with Crippen LogP contribution in [-0.4, -0.2) is 70.3 Å². The number of hydrogen-bond acceptors (Lipinski definition) is 5. The molecule has 3 fully saturated rings. The summed E-state index contributed by atoms with van der Waals surface area (Å²) in [5.74, 6) is -0.640. The molecule has 5 rings (SSSR count). The van der Waals surface area contributed by atoms with E-state index in [9.17, 15) is 13.6 Å². The molecule has 4 atom stereocenters. The van der Waals surface area contributed by atoms with E-state index in [-0.39, 0.29) is 18.0 Å². The van der Waals surface area contributed by atoms with E-state index in [0.29, 0.717) is 36.5 Å². The lowest BCUT2D eigenvalue weighted by atomic mass is 10.1. The van der Waals surface area contributed by atoms with Crippen LogP contribution < -0.4 is 4.74 Å². The first-order valence-corrected chi connectivity index (χ1v) is 10.8. The second-order valence-corrected chi connectivity index (χ2v) is 8.62. The van der Waals surface area contributed by atoms with Gasteiger partial charge in [0.15, 0.2) is 0 Å². The van der Waals surface area contributed by atoms with Gasteiger partial charge < -0.3 is 24.9 Å². The number of hydrogen-bond donors (Lipinski definition) is 2. The van der Waals surface area contributed by atoms with Crippen LogP contribution in [0.1, 0.15) is 25.0 Å². The largest absolute Gasteiger partial charge is 0.481 e. The van der Waals surface area contributed by atoms with Crippen LogP contribution in [-0.2, 0) is 4.79 Å². The Morgan fingerprint density at radius 1 is 1.31 bits per heavy atom. The number of allylic oxidation sites excluding steroid dienone is 1. The highest BCUT2D eigenvalue weighted by molar-refractivity contribution is 5.85. The fourth-order valence-electron chi connectivity index (χ4n) is 4.97. The molecule has 1 amide bonds. The van der Waals surface area contributed by atoms with Crippen LogP contribution in [0.3, 0.4) is 0 Å². The Labute approximate surface area is 184 Å². The summed E-state index contributed by atoms with van der Waals surface area (Å²) < 4.78 is 33.0. The number of carbonyl (C=O) groups excluding carboxylic acids is 1. The number of methoxy groups -OCH3 is 1. The lowest BCUT2D eigenvalue weighted by molar-refractivity contribution is -0.138. The zero-order valence-corrected chi connectivity index (χ0v) is 17.7. The minimum Gasteiger partial charge on any atom is -0.481 e. The molecule has 1 aliphatic carbocycles. The number of fused-ring (bicyclic) bond motifs is 2.